The molecule has 0 bridgehead atoms. The molecule has 1 amide bonds. The van der Waals surface area contributed by atoms with Gasteiger partial charge in [0, 0.05) is 6.42 Å². The average molecular weight is 675 g/mol. The van der Waals surface area contributed by atoms with Crippen molar-refractivity contribution in [1.82, 2.24) is 5.32 Å². The van der Waals surface area contributed by atoms with Gasteiger partial charge in [-0.2, -0.15) is 0 Å². The minimum absolute atomic E-state index is 0.00912. The third-order valence-electron chi connectivity index (χ3n) is 8.50. The van der Waals surface area contributed by atoms with Gasteiger partial charge in [0.15, 0.2) is 0 Å². The van der Waals surface area contributed by atoms with Gasteiger partial charge in [0.25, 0.3) is 7.82 Å². The molecule has 1 unspecified atom stereocenters. The van der Waals surface area contributed by atoms with Crippen molar-refractivity contribution >= 4 is 13.7 Å². The third-order valence-corrected chi connectivity index (χ3v) is 9.47. The zero-order chi connectivity index (χ0) is 34.4. The molecule has 0 heterocycles. The Morgan fingerprint density at radius 3 is 1.70 bits per heavy atom. The van der Waals surface area contributed by atoms with Gasteiger partial charge >= 0.3 is 0 Å². The van der Waals surface area contributed by atoms with Crippen LogP contribution < -0.4 is 10.2 Å². The standard InChI is InChI=1S/C37H75N2O6P/c1-6-8-10-12-14-16-18-19-21-22-24-26-28-30-36(40)35(34-45-46(42,43)44-33-32-39(3,4)5)38-37(41)31-29-27-25-23-20-17-15-13-11-9-7-2/h21-22,35-36,40H,6-20,23-34H2,1-5H3,(H-,38,41,42,43)/b22-21+/t35-,36+/m0/s1. The molecular formula is C37H75N2O6P. The van der Waals surface area contributed by atoms with E-state index in [1.165, 1.54) is 96.3 Å². The molecule has 0 rings (SSSR count). The molecule has 9 heteroatoms. The molecular weight excluding hydrogens is 599 g/mol. The molecule has 274 valence electrons. The molecule has 0 aromatic rings. The fourth-order valence-electron chi connectivity index (χ4n) is 5.38. The van der Waals surface area contributed by atoms with Crippen LogP contribution in [0.5, 0.6) is 0 Å². The maximum Gasteiger partial charge on any atom is 0.268 e. The van der Waals surface area contributed by atoms with E-state index in [1.54, 1.807) is 0 Å². The summed E-state index contributed by atoms with van der Waals surface area (Å²) in [7, 11) is 1.29. The Bertz CT molecular complexity index is 773. The Hall–Kier alpha value is -0.760. The van der Waals surface area contributed by atoms with Gasteiger partial charge in [-0.25, -0.2) is 0 Å². The monoisotopic (exact) mass is 675 g/mol. The van der Waals surface area contributed by atoms with Crippen molar-refractivity contribution in [3.05, 3.63) is 12.2 Å². The second-order valence-electron chi connectivity index (χ2n) is 14.3. The number of aliphatic hydroxyl groups is 1. The second kappa shape index (κ2) is 30.3. The number of likely N-dealkylation sites (N-methyl/N-ethyl adjacent to an activating group) is 1. The second-order valence-corrected chi connectivity index (χ2v) is 15.7. The SMILES string of the molecule is CCCCCCCCC/C=C/CCCC[C@@H](O)[C@H](COP(=O)([O-])OCC[N+](C)(C)C)NC(=O)CCCCCCCCCCCCC. The van der Waals surface area contributed by atoms with Crippen LogP contribution in [-0.2, 0) is 18.4 Å². The quantitative estimate of drug-likeness (QED) is 0.0305. The Morgan fingerprint density at radius 1 is 0.739 bits per heavy atom. The Labute approximate surface area is 284 Å². The maximum atomic E-state index is 12.7. The first kappa shape index (κ1) is 45.2. The number of hydrogen-bond acceptors (Lipinski definition) is 6. The summed E-state index contributed by atoms with van der Waals surface area (Å²) in [6, 6.07) is -0.808. The topological polar surface area (TPSA) is 108 Å². The lowest BCUT2D eigenvalue weighted by molar-refractivity contribution is -0.870. The number of hydrogen-bond donors (Lipinski definition) is 2. The van der Waals surface area contributed by atoms with Crippen molar-refractivity contribution < 1.29 is 32.9 Å². The van der Waals surface area contributed by atoms with Crippen LogP contribution in [0.25, 0.3) is 0 Å². The summed E-state index contributed by atoms with van der Waals surface area (Å²) in [5.41, 5.74) is 0. The van der Waals surface area contributed by atoms with E-state index in [1.807, 2.05) is 21.1 Å². The van der Waals surface area contributed by atoms with Crippen LogP contribution in [0, 0.1) is 0 Å². The molecule has 0 spiro atoms. The molecule has 8 nitrogen and oxygen atoms in total. The largest absolute Gasteiger partial charge is 0.756 e. The first-order valence-corrected chi connectivity index (χ1v) is 20.5. The summed E-state index contributed by atoms with van der Waals surface area (Å²) in [6.45, 7) is 4.66. The van der Waals surface area contributed by atoms with E-state index < -0.39 is 20.0 Å². The van der Waals surface area contributed by atoms with E-state index in [-0.39, 0.29) is 19.1 Å². The Kier molecular flexibility index (Phi) is 29.8. The van der Waals surface area contributed by atoms with E-state index >= 15 is 0 Å². The van der Waals surface area contributed by atoms with Gasteiger partial charge in [0.1, 0.15) is 13.2 Å². The van der Waals surface area contributed by atoms with E-state index in [0.29, 0.717) is 23.9 Å². The summed E-state index contributed by atoms with van der Waals surface area (Å²) < 4.78 is 23.1. The number of nitrogens with one attached hydrogen (secondary N) is 1. The highest BCUT2D eigenvalue weighted by atomic mass is 31.2. The summed E-state index contributed by atoms with van der Waals surface area (Å²) in [5.74, 6) is -0.177. The van der Waals surface area contributed by atoms with Gasteiger partial charge in [-0.15, -0.1) is 0 Å². The van der Waals surface area contributed by atoms with Crippen LogP contribution in [0.15, 0.2) is 12.2 Å². The Morgan fingerprint density at radius 2 is 1.20 bits per heavy atom. The van der Waals surface area contributed by atoms with Crippen molar-refractivity contribution in [2.45, 2.75) is 180 Å². The van der Waals surface area contributed by atoms with Crippen LogP contribution in [-0.4, -0.2) is 68.5 Å². The van der Waals surface area contributed by atoms with E-state index in [9.17, 15) is 19.4 Å². The molecule has 0 saturated heterocycles. The molecule has 0 aromatic heterocycles. The maximum absolute atomic E-state index is 12.7. The lowest BCUT2D eigenvalue weighted by Gasteiger charge is -2.30. The number of nitrogens with zero attached hydrogens (tertiary/aromatic N) is 1. The zero-order valence-electron chi connectivity index (χ0n) is 30.8. The number of aliphatic hydroxyl groups excluding tert-OH is 1. The molecule has 0 aliphatic heterocycles. The van der Waals surface area contributed by atoms with Gasteiger partial charge in [0.05, 0.1) is 39.9 Å². The van der Waals surface area contributed by atoms with Crippen LogP contribution >= 0.6 is 7.82 Å². The average Bonchev–Trinajstić information content (AvgIpc) is 2.99. The number of carbonyl (C=O) groups is 1. The van der Waals surface area contributed by atoms with E-state index in [2.05, 4.69) is 31.3 Å². The van der Waals surface area contributed by atoms with Gasteiger partial charge in [-0.05, 0) is 38.5 Å². The minimum atomic E-state index is -4.56. The molecule has 2 N–H and O–H groups in total. The number of rotatable bonds is 34. The molecule has 0 aliphatic carbocycles. The number of phosphoric ester groups is 1. The first-order valence-electron chi connectivity index (χ1n) is 19.0. The first-order chi connectivity index (χ1) is 22.0. The molecule has 0 aliphatic rings. The molecule has 0 saturated carbocycles. The summed E-state index contributed by atoms with van der Waals surface area (Å²) in [5, 5.41) is 13.8. The van der Waals surface area contributed by atoms with Crippen LogP contribution in [0.2, 0.25) is 0 Å². The fourth-order valence-corrected chi connectivity index (χ4v) is 6.11. The molecule has 0 radical (unpaired) electrons. The summed E-state index contributed by atoms with van der Waals surface area (Å²) in [6.07, 6.45) is 30.7. The zero-order valence-corrected chi connectivity index (χ0v) is 31.7. The van der Waals surface area contributed by atoms with E-state index in [0.717, 1.165) is 44.9 Å². The smallest absolute Gasteiger partial charge is 0.268 e. The number of allylic oxidation sites excluding steroid dienone is 2. The summed E-state index contributed by atoms with van der Waals surface area (Å²) >= 11 is 0. The van der Waals surface area contributed by atoms with Crippen molar-refractivity contribution in [3.8, 4) is 0 Å². The third kappa shape index (κ3) is 31.8. The van der Waals surface area contributed by atoms with Gasteiger partial charge in [-0.3, -0.25) is 9.36 Å². The van der Waals surface area contributed by atoms with Crippen LogP contribution in [0.3, 0.4) is 0 Å². The molecule has 0 aromatic carbocycles. The predicted octanol–water partition coefficient (Wildman–Crippen LogP) is 9.00. The Balaban J connectivity index is 4.52. The van der Waals surface area contributed by atoms with E-state index in [4.69, 9.17) is 9.05 Å². The number of amides is 1. The highest BCUT2D eigenvalue weighted by molar-refractivity contribution is 7.45. The van der Waals surface area contributed by atoms with Crippen LogP contribution in [0.1, 0.15) is 168 Å². The number of unbranched alkanes of at least 4 members (excludes halogenated alkanes) is 19. The van der Waals surface area contributed by atoms with Crippen molar-refractivity contribution in [2.24, 2.45) is 0 Å². The van der Waals surface area contributed by atoms with Gasteiger partial charge in [0.2, 0.25) is 5.91 Å². The highest BCUT2D eigenvalue weighted by Gasteiger charge is 2.24. The van der Waals surface area contributed by atoms with Gasteiger partial charge < -0.3 is 28.8 Å². The normalized spacial score (nSPS) is 14.8. The fraction of sp³-hybridized carbons (Fsp3) is 0.919. The van der Waals surface area contributed by atoms with Gasteiger partial charge in [-0.1, -0.05) is 135 Å². The lowest BCUT2D eigenvalue weighted by atomic mass is 10.0. The number of carbonyl (C=O) groups excluding carboxylic acids is 1. The highest BCUT2D eigenvalue weighted by Crippen LogP contribution is 2.38. The predicted molar refractivity (Wildman–Crippen MR) is 192 cm³/mol. The number of quaternary nitrogens is 1. The molecule has 3 atom stereocenters. The molecule has 0 fully saturated rings. The van der Waals surface area contributed by atoms with Crippen molar-refractivity contribution in [2.75, 3.05) is 40.9 Å². The lowest BCUT2D eigenvalue weighted by Crippen LogP contribution is -2.46. The summed E-state index contributed by atoms with van der Waals surface area (Å²) in [4.78, 5) is 25.1. The molecule has 46 heavy (non-hydrogen) atoms. The van der Waals surface area contributed by atoms with Crippen LogP contribution in [0.4, 0.5) is 0 Å². The van der Waals surface area contributed by atoms with Crippen molar-refractivity contribution in [1.29, 1.82) is 0 Å². The van der Waals surface area contributed by atoms with Crippen molar-refractivity contribution in [3.63, 3.8) is 0 Å². The minimum Gasteiger partial charge on any atom is -0.756 e. The number of phosphoric acid groups is 1.